The van der Waals surface area contributed by atoms with Gasteiger partial charge in [0, 0.05) is 28.1 Å². The number of aryl methyl sites for hydroxylation is 1. The van der Waals surface area contributed by atoms with Crippen molar-refractivity contribution in [3.05, 3.63) is 98.7 Å². The normalized spacial score (nSPS) is 12.8. The lowest BCUT2D eigenvalue weighted by Crippen LogP contribution is -2.46. The third-order valence-electron chi connectivity index (χ3n) is 6.39. The minimum absolute atomic E-state index is 0.169. The lowest BCUT2D eigenvalue weighted by Gasteiger charge is -2.33. The molecule has 9 heteroatoms. The van der Waals surface area contributed by atoms with Crippen LogP contribution in [0.25, 0.3) is 10.8 Å². The van der Waals surface area contributed by atoms with E-state index in [4.69, 9.17) is 20.9 Å². The van der Waals surface area contributed by atoms with Gasteiger partial charge in [-0.05, 0) is 72.5 Å². The highest BCUT2D eigenvalue weighted by Gasteiger charge is 2.41. The molecule has 2 N–H and O–H groups in total. The number of aliphatic hydroxyl groups is 1. The summed E-state index contributed by atoms with van der Waals surface area (Å²) in [4.78, 5) is 25.6. The lowest BCUT2D eigenvalue weighted by atomic mass is 9.75. The minimum Gasteiger partial charge on any atom is -0.497 e. The number of halogens is 2. The van der Waals surface area contributed by atoms with Crippen LogP contribution in [0.15, 0.2) is 70.0 Å². The number of nitrogens with one attached hydrogen (secondary N) is 1. The first-order chi connectivity index (χ1) is 18.4. The van der Waals surface area contributed by atoms with Crippen LogP contribution in [-0.2, 0) is 10.2 Å². The second-order valence-corrected chi connectivity index (χ2v) is 10.2. The summed E-state index contributed by atoms with van der Waals surface area (Å²) in [6.07, 6.45) is -0.169. The van der Waals surface area contributed by atoms with Crippen LogP contribution in [0.2, 0.25) is 5.02 Å². The number of fused-ring (bicyclic) bond motifs is 1. The van der Waals surface area contributed by atoms with Gasteiger partial charge in [0.1, 0.15) is 11.6 Å². The van der Waals surface area contributed by atoms with Crippen molar-refractivity contribution >= 4 is 34.0 Å². The van der Waals surface area contributed by atoms with Gasteiger partial charge in [-0.25, -0.2) is 9.18 Å². The SMILES string of the molecule is COc1ccc(C#CC(O)(CC(C)(C)c2ccc(F)cc2Cl)C(=O)Nc2ccc3c(=O)onc(C)c3c2)cc1. The van der Waals surface area contributed by atoms with Gasteiger partial charge in [-0.1, -0.05) is 48.5 Å². The molecule has 0 saturated heterocycles. The fraction of sp³-hybridized carbons (Fsp3) is 0.233. The molecule has 4 aromatic rings. The molecule has 1 atom stereocenters. The zero-order chi connectivity index (χ0) is 28.4. The number of ether oxygens (including phenoxy) is 1. The first-order valence-electron chi connectivity index (χ1n) is 12.0. The fourth-order valence-electron chi connectivity index (χ4n) is 4.35. The highest BCUT2D eigenvalue weighted by molar-refractivity contribution is 6.31. The van der Waals surface area contributed by atoms with E-state index in [2.05, 4.69) is 22.3 Å². The molecule has 0 radical (unpaired) electrons. The molecule has 4 rings (SSSR count). The Kier molecular flexibility index (Phi) is 7.77. The van der Waals surface area contributed by atoms with E-state index in [9.17, 15) is 19.1 Å². The third kappa shape index (κ3) is 6.11. The van der Waals surface area contributed by atoms with Crippen molar-refractivity contribution in [1.82, 2.24) is 5.16 Å². The van der Waals surface area contributed by atoms with Gasteiger partial charge in [0.15, 0.2) is 0 Å². The van der Waals surface area contributed by atoms with E-state index < -0.39 is 28.4 Å². The van der Waals surface area contributed by atoms with Gasteiger partial charge in [-0.3, -0.25) is 4.79 Å². The Hall–Kier alpha value is -4.19. The number of rotatable bonds is 6. The summed E-state index contributed by atoms with van der Waals surface area (Å²) in [7, 11) is 1.55. The largest absolute Gasteiger partial charge is 0.497 e. The Morgan fingerprint density at radius 2 is 1.85 bits per heavy atom. The van der Waals surface area contributed by atoms with Crippen molar-refractivity contribution in [2.24, 2.45) is 0 Å². The number of benzene rings is 3. The summed E-state index contributed by atoms with van der Waals surface area (Å²) < 4.78 is 23.6. The van der Waals surface area contributed by atoms with E-state index in [1.807, 2.05) is 0 Å². The van der Waals surface area contributed by atoms with Crippen molar-refractivity contribution in [2.45, 2.75) is 38.2 Å². The molecule has 1 heterocycles. The smallest absolute Gasteiger partial charge is 0.366 e. The number of aromatic nitrogens is 1. The summed E-state index contributed by atoms with van der Waals surface area (Å²) in [5.74, 6) is 4.96. The number of carbonyl (C=O) groups is 1. The molecule has 1 amide bonds. The first kappa shape index (κ1) is 27.8. The third-order valence-corrected chi connectivity index (χ3v) is 6.70. The Balaban J connectivity index is 1.73. The van der Waals surface area contributed by atoms with Gasteiger partial charge >= 0.3 is 5.63 Å². The van der Waals surface area contributed by atoms with Crippen LogP contribution >= 0.6 is 11.6 Å². The molecule has 1 aromatic heterocycles. The number of hydrogen-bond donors (Lipinski definition) is 2. The van der Waals surface area contributed by atoms with Crippen LogP contribution in [0.5, 0.6) is 5.75 Å². The van der Waals surface area contributed by atoms with E-state index in [0.717, 1.165) is 0 Å². The van der Waals surface area contributed by atoms with Crippen molar-refractivity contribution in [3.8, 4) is 17.6 Å². The molecular weight excluding hydrogens is 523 g/mol. The predicted molar refractivity (Wildman–Crippen MR) is 148 cm³/mol. The molecule has 200 valence electrons. The highest BCUT2D eigenvalue weighted by Crippen LogP contribution is 2.37. The Morgan fingerprint density at radius 1 is 1.13 bits per heavy atom. The van der Waals surface area contributed by atoms with Crippen LogP contribution in [0, 0.1) is 24.6 Å². The van der Waals surface area contributed by atoms with Crippen LogP contribution in [0.3, 0.4) is 0 Å². The predicted octanol–water partition coefficient (Wildman–Crippen LogP) is 5.39. The number of nitrogens with zero attached hydrogens (tertiary/aromatic N) is 1. The van der Waals surface area contributed by atoms with Crippen molar-refractivity contribution in [1.29, 1.82) is 0 Å². The summed E-state index contributed by atoms with van der Waals surface area (Å²) in [5.41, 5.74) is -1.81. The van der Waals surface area contributed by atoms with Crippen LogP contribution in [0.4, 0.5) is 10.1 Å². The van der Waals surface area contributed by atoms with Crippen LogP contribution in [0.1, 0.15) is 37.1 Å². The molecule has 1 unspecified atom stereocenters. The molecule has 0 aliphatic heterocycles. The molecule has 0 aliphatic rings. The maximum absolute atomic E-state index is 13.7. The number of carbonyl (C=O) groups excluding carboxylic acids is 1. The van der Waals surface area contributed by atoms with E-state index in [1.54, 1.807) is 58.2 Å². The number of anilines is 1. The monoisotopic (exact) mass is 548 g/mol. The standard InChI is InChI=1S/C30H26ClFN2O5/c1-18-24-16-21(8-11-23(24)27(35)39-34-18)33-28(36)30(37,14-13-19-5-9-22(38-4)10-6-19)17-29(2,3)25-12-7-20(32)15-26(25)31/h5-12,15-16,37H,17H2,1-4H3,(H,33,36). The molecule has 0 aliphatic carbocycles. The second kappa shape index (κ2) is 10.9. The van der Waals surface area contributed by atoms with E-state index in [-0.39, 0.29) is 11.4 Å². The minimum atomic E-state index is -2.20. The Bertz CT molecular complexity index is 1670. The van der Waals surface area contributed by atoms with Crippen LogP contribution < -0.4 is 15.7 Å². The second-order valence-electron chi connectivity index (χ2n) is 9.79. The lowest BCUT2D eigenvalue weighted by molar-refractivity contribution is -0.130. The number of hydrogen-bond acceptors (Lipinski definition) is 6. The van der Waals surface area contributed by atoms with E-state index in [0.29, 0.717) is 39.0 Å². The van der Waals surface area contributed by atoms with E-state index in [1.165, 1.54) is 30.3 Å². The van der Waals surface area contributed by atoms with Gasteiger partial charge < -0.3 is 19.7 Å². The molecular formula is C30H26ClFN2O5. The zero-order valence-corrected chi connectivity index (χ0v) is 22.5. The maximum Gasteiger partial charge on any atom is 0.366 e. The molecule has 7 nitrogen and oxygen atoms in total. The quantitative estimate of drug-likeness (QED) is 0.313. The topological polar surface area (TPSA) is 102 Å². The maximum atomic E-state index is 13.7. The molecule has 39 heavy (non-hydrogen) atoms. The number of methoxy groups -OCH3 is 1. The molecule has 0 bridgehead atoms. The van der Waals surface area contributed by atoms with Gasteiger partial charge in [0.2, 0.25) is 5.60 Å². The number of amides is 1. The Labute approximate surface area is 229 Å². The Morgan fingerprint density at radius 3 is 2.51 bits per heavy atom. The first-order valence-corrected chi connectivity index (χ1v) is 12.4. The summed E-state index contributed by atoms with van der Waals surface area (Å²) in [6, 6.07) is 15.4. The summed E-state index contributed by atoms with van der Waals surface area (Å²) in [5, 5.41) is 19.2. The van der Waals surface area contributed by atoms with Gasteiger partial charge in [-0.2, -0.15) is 0 Å². The zero-order valence-electron chi connectivity index (χ0n) is 21.8. The average molecular weight is 549 g/mol. The molecule has 0 spiro atoms. The van der Waals surface area contributed by atoms with Crippen molar-refractivity contribution < 1.29 is 23.6 Å². The molecule has 0 fully saturated rings. The summed E-state index contributed by atoms with van der Waals surface area (Å²) in [6.45, 7) is 5.23. The van der Waals surface area contributed by atoms with Crippen LogP contribution in [-0.4, -0.2) is 28.9 Å². The van der Waals surface area contributed by atoms with Gasteiger partial charge in [0.05, 0.1) is 18.2 Å². The summed E-state index contributed by atoms with van der Waals surface area (Å²) >= 11 is 6.33. The van der Waals surface area contributed by atoms with Crippen molar-refractivity contribution in [2.75, 3.05) is 12.4 Å². The van der Waals surface area contributed by atoms with E-state index >= 15 is 0 Å². The van der Waals surface area contributed by atoms with Gasteiger partial charge in [0.25, 0.3) is 5.91 Å². The fourth-order valence-corrected chi connectivity index (χ4v) is 4.77. The van der Waals surface area contributed by atoms with Crippen molar-refractivity contribution in [3.63, 3.8) is 0 Å². The highest BCUT2D eigenvalue weighted by atomic mass is 35.5. The van der Waals surface area contributed by atoms with Gasteiger partial charge in [-0.15, -0.1) is 0 Å². The molecule has 3 aromatic carbocycles. The average Bonchev–Trinajstić information content (AvgIpc) is 2.89. The molecule has 0 saturated carbocycles.